The molecular formula is C22H25N3O. The molecule has 0 aliphatic heterocycles. The standard InChI is InChI=1S/C22H25N3O/c1-14-13-15(2)25-12-11-20(21(25)23-14)22(26)24-16(3)18-10-6-8-17-7-4-5-9-19(17)18/h6,8,10-13,16H,4-5,7,9H2,1-3H3,(H,24,26)/t16-/m0/s1. The second-order valence-electron chi connectivity index (χ2n) is 7.35. The van der Waals surface area contributed by atoms with E-state index in [0.29, 0.717) is 5.56 Å². The van der Waals surface area contributed by atoms with Crippen molar-refractivity contribution in [1.29, 1.82) is 0 Å². The van der Waals surface area contributed by atoms with Crippen LogP contribution in [-0.4, -0.2) is 15.3 Å². The highest BCUT2D eigenvalue weighted by atomic mass is 16.1. The van der Waals surface area contributed by atoms with Crippen molar-refractivity contribution in [2.75, 3.05) is 0 Å². The molecule has 1 aliphatic rings. The van der Waals surface area contributed by atoms with Crippen LogP contribution in [0.2, 0.25) is 0 Å². The average Bonchev–Trinajstić information content (AvgIpc) is 3.05. The molecule has 1 aromatic carbocycles. The summed E-state index contributed by atoms with van der Waals surface area (Å²) < 4.78 is 1.97. The lowest BCUT2D eigenvalue weighted by Crippen LogP contribution is -2.28. The third-order valence-electron chi connectivity index (χ3n) is 5.43. The second-order valence-corrected chi connectivity index (χ2v) is 7.35. The molecule has 0 radical (unpaired) electrons. The van der Waals surface area contributed by atoms with Gasteiger partial charge < -0.3 is 9.72 Å². The number of rotatable bonds is 3. The van der Waals surface area contributed by atoms with Gasteiger partial charge in [0.25, 0.3) is 5.91 Å². The number of benzene rings is 1. The quantitative estimate of drug-likeness (QED) is 0.767. The maximum Gasteiger partial charge on any atom is 0.255 e. The van der Waals surface area contributed by atoms with Gasteiger partial charge in [-0.05, 0) is 75.3 Å². The van der Waals surface area contributed by atoms with Crippen LogP contribution in [0.3, 0.4) is 0 Å². The molecule has 4 heteroatoms. The highest BCUT2D eigenvalue weighted by Crippen LogP contribution is 2.28. The normalized spacial score (nSPS) is 14.9. The summed E-state index contributed by atoms with van der Waals surface area (Å²) in [6.45, 7) is 6.06. The first-order valence-corrected chi connectivity index (χ1v) is 9.41. The Hall–Kier alpha value is -2.62. The van der Waals surface area contributed by atoms with E-state index in [4.69, 9.17) is 0 Å². The molecule has 0 fully saturated rings. The van der Waals surface area contributed by atoms with Crippen molar-refractivity contribution in [3.8, 4) is 0 Å². The number of nitrogens with one attached hydrogen (secondary N) is 1. The summed E-state index contributed by atoms with van der Waals surface area (Å²) in [5.74, 6) is -0.0640. The SMILES string of the molecule is Cc1cc(C)n2ccc(C(=O)N[C@@H](C)c3cccc4c3CCCC4)c2n1. The summed E-state index contributed by atoms with van der Waals surface area (Å²) >= 11 is 0. The smallest absolute Gasteiger partial charge is 0.255 e. The fraction of sp³-hybridized carbons (Fsp3) is 0.364. The summed E-state index contributed by atoms with van der Waals surface area (Å²) in [4.78, 5) is 17.5. The Kier molecular flexibility index (Phi) is 4.27. The molecule has 4 rings (SSSR count). The summed E-state index contributed by atoms with van der Waals surface area (Å²) in [6.07, 6.45) is 6.67. The molecule has 0 saturated carbocycles. The molecule has 134 valence electrons. The number of hydrogen-bond acceptors (Lipinski definition) is 2. The van der Waals surface area contributed by atoms with E-state index in [-0.39, 0.29) is 11.9 Å². The van der Waals surface area contributed by atoms with E-state index in [1.807, 2.05) is 36.6 Å². The van der Waals surface area contributed by atoms with Crippen LogP contribution in [0.25, 0.3) is 5.65 Å². The Morgan fingerprint density at radius 3 is 2.85 bits per heavy atom. The lowest BCUT2D eigenvalue weighted by molar-refractivity contribution is 0.0941. The van der Waals surface area contributed by atoms with Gasteiger partial charge >= 0.3 is 0 Å². The number of carbonyl (C=O) groups is 1. The Morgan fingerprint density at radius 1 is 1.19 bits per heavy atom. The Labute approximate surface area is 154 Å². The van der Waals surface area contributed by atoms with Crippen LogP contribution in [0.1, 0.15) is 64.2 Å². The van der Waals surface area contributed by atoms with E-state index >= 15 is 0 Å². The molecule has 1 amide bonds. The fourth-order valence-electron chi connectivity index (χ4n) is 4.14. The summed E-state index contributed by atoms with van der Waals surface area (Å²) in [6, 6.07) is 10.4. The van der Waals surface area contributed by atoms with E-state index < -0.39 is 0 Å². The molecule has 3 aromatic rings. The van der Waals surface area contributed by atoms with Crippen molar-refractivity contribution in [2.24, 2.45) is 0 Å². The van der Waals surface area contributed by atoms with E-state index in [1.54, 1.807) is 0 Å². The number of amides is 1. The van der Waals surface area contributed by atoms with E-state index in [1.165, 1.54) is 29.5 Å². The van der Waals surface area contributed by atoms with Crippen LogP contribution in [-0.2, 0) is 12.8 Å². The molecule has 1 atom stereocenters. The highest BCUT2D eigenvalue weighted by Gasteiger charge is 2.20. The number of fused-ring (bicyclic) bond motifs is 2. The van der Waals surface area contributed by atoms with Gasteiger partial charge in [0, 0.05) is 17.6 Å². The Morgan fingerprint density at radius 2 is 2.00 bits per heavy atom. The zero-order chi connectivity index (χ0) is 18.3. The summed E-state index contributed by atoms with van der Waals surface area (Å²) in [5, 5.41) is 3.19. The van der Waals surface area contributed by atoms with Gasteiger partial charge in [-0.25, -0.2) is 4.98 Å². The van der Waals surface area contributed by atoms with Crippen LogP contribution in [0, 0.1) is 13.8 Å². The monoisotopic (exact) mass is 347 g/mol. The van der Waals surface area contributed by atoms with Crippen molar-refractivity contribution in [1.82, 2.24) is 14.7 Å². The zero-order valence-electron chi connectivity index (χ0n) is 15.7. The van der Waals surface area contributed by atoms with Crippen molar-refractivity contribution < 1.29 is 4.79 Å². The summed E-state index contributed by atoms with van der Waals surface area (Å²) in [5.41, 5.74) is 7.48. The average molecular weight is 347 g/mol. The third-order valence-corrected chi connectivity index (χ3v) is 5.43. The van der Waals surface area contributed by atoms with Gasteiger partial charge in [-0.2, -0.15) is 0 Å². The van der Waals surface area contributed by atoms with Crippen LogP contribution >= 0.6 is 0 Å². The Bertz CT molecular complexity index is 986. The Balaban J connectivity index is 1.63. The first-order chi connectivity index (χ1) is 12.5. The number of carbonyl (C=O) groups excluding carboxylic acids is 1. The lowest BCUT2D eigenvalue weighted by Gasteiger charge is -2.23. The third kappa shape index (κ3) is 2.90. The molecular weight excluding hydrogens is 322 g/mol. The first-order valence-electron chi connectivity index (χ1n) is 9.41. The minimum absolute atomic E-state index is 0.0172. The predicted molar refractivity (Wildman–Crippen MR) is 104 cm³/mol. The van der Waals surface area contributed by atoms with E-state index in [2.05, 4.69) is 35.4 Å². The maximum absolute atomic E-state index is 12.9. The molecule has 0 spiro atoms. The van der Waals surface area contributed by atoms with Crippen LogP contribution < -0.4 is 5.32 Å². The second kappa shape index (κ2) is 6.60. The maximum atomic E-state index is 12.9. The zero-order valence-corrected chi connectivity index (χ0v) is 15.7. The minimum atomic E-state index is -0.0640. The molecule has 26 heavy (non-hydrogen) atoms. The largest absolute Gasteiger partial charge is 0.345 e. The van der Waals surface area contributed by atoms with Gasteiger partial charge in [0.1, 0.15) is 5.65 Å². The van der Waals surface area contributed by atoms with Gasteiger partial charge in [-0.3, -0.25) is 4.79 Å². The van der Waals surface area contributed by atoms with E-state index in [9.17, 15) is 4.79 Å². The van der Waals surface area contributed by atoms with Crippen molar-refractivity contribution in [3.63, 3.8) is 0 Å². The molecule has 0 unspecified atom stereocenters. The van der Waals surface area contributed by atoms with Crippen LogP contribution in [0.5, 0.6) is 0 Å². The molecule has 2 heterocycles. The van der Waals surface area contributed by atoms with Crippen LogP contribution in [0.4, 0.5) is 0 Å². The summed E-state index contributed by atoms with van der Waals surface area (Å²) in [7, 11) is 0. The highest BCUT2D eigenvalue weighted by molar-refractivity contribution is 6.00. The van der Waals surface area contributed by atoms with Gasteiger partial charge in [0.05, 0.1) is 11.6 Å². The van der Waals surface area contributed by atoms with Gasteiger partial charge in [-0.1, -0.05) is 18.2 Å². The van der Waals surface area contributed by atoms with Crippen molar-refractivity contribution >= 4 is 11.6 Å². The number of aromatic nitrogens is 2. The molecule has 2 aromatic heterocycles. The lowest BCUT2D eigenvalue weighted by atomic mass is 9.86. The van der Waals surface area contributed by atoms with E-state index in [0.717, 1.165) is 29.9 Å². The van der Waals surface area contributed by atoms with Gasteiger partial charge in [0.15, 0.2) is 0 Å². The van der Waals surface area contributed by atoms with Gasteiger partial charge in [0.2, 0.25) is 0 Å². The minimum Gasteiger partial charge on any atom is -0.345 e. The fourth-order valence-corrected chi connectivity index (χ4v) is 4.14. The number of hydrogen-bond donors (Lipinski definition) is 1. The molecule has 1 aliphatic carbocycles. The van der Waals surface area contributed by atoms with Crippen molar-refractivity contribution in [3.05, 3.63) is 70.2 Å². The topological polar surface area (TPSA) is 46.4 Å². The first kappa shape index (κ1) is 16.8. The van der Waals surface area contributed by atoms with Gasteiger partial charge in [-0.15, -0.1) is 0 Å². The molecule has 4 nitrogen and oxygen atoms in total. The van der Waals surface area contributed by atoms with Crippen molar-refractivity contribution in [2.45, 2.75) is 52.5 Å². The number of aryl methyl sites for hydroxylation is 3. The predicted octanol–water partition coefficient (Wildman–Crippen LogP) is 4.32. The molecule has 0 bridgehead atoms. The molecule has 0 saturated heterocycles. The van der Waals surface area contributed by atoms with Crippen LogP contribution in [0.15, 0.2) is 36.5 Å². The molecule has 1 N–H and O–H groups in total. The number of nitrogens with zero attached hydrogens (tertiary/aromatic N) is 2.